The Bertz CT molecular complexity index is 781. The van der Waals surface area contributed by atoms with E-state index in [0.29, 0.717) is 6.54 Å². The second kappa shape index (κ2) is 10.1. The van der Waals surface area contributed by atoms with Gasteiger partial charge in [0, 0.05) is 39.3 Å². The first-order valence-electron chi connectivity index (χ1n) is 10.3. The normalized spacial score (nSPS) is 15.7. The van der Waals surface area contributed by atoms with Gasteiger partial charge in [-0.25, -0.2) is 4.98 Å². The van der Waals surface area contributed by atoms with Crippen LogP contribution in [-0.2, 0) is 19.5 Å². The summed E-state index contributed by atoms with van der Waals surface area (Å²) in [5.41, 5.74) is 3.30. The number of nitrogens with zero attached hydrogens (tertiary/aromatic N) is 3. The first-order chi connectivity index (χ1) is 13.5. The molecule has 1 aliphatic heterocycles. The quantitative estimate of drug-likeness (QED) is 0.737. The number of nitrogens with one attached hydrogen (secondary N) is 1. The van der Waals surface area contributed by atoms with Gasteiger partial charge in [0.1, 0.15) is 4.88 Å². The van der Waals surface area contributed by atoms with Crippen LogP contribution in [0.5, 0.6) is 0 Å². The van der Waals surface area contributed by atoms with Crippen LogP contribution >= 0.6 is 11.3 Å². The lowest BCUT2D eigenvalue weighted by atomic mass is 10.1. The summed E-state index contributed by atoms with van der Waals surface area (Å²) in [5.74, 6) is -0.0118. The Balaban J connectivity index is 1.54. The summed E-state index contributed by atoms with van der Waals surface area (Å²) in [7, 11) is 2.18. The second-order valence-electron chi connectivity index (χ2n) is 7.71. The molecule has 1 aromatic carbocycles. The number of amides is 1. The van der Waals surface area contributed by atoms with Crippen LogP contribution in [0.25, 0.3) is 0 Å². The summed E-state index contributed by atoms with van der Waals surface area (Å²) in [4.78, 5) is 22.8. The second-order valence-corrected chi connectivity index (χ2v) is 8.79. The average molecular weight is 401 g/mol. The number of rotatable bonds is 8. The number of carbonyl (C=O) groups is 1. The van der Waals surface area contributed by atoms with Crippen LogP contribution in [0.3, 0.4) is 0 Å². The van der Waals surface area contributed by atoms with Crippen molar-refractivity contribution in [3.05, 3.63) is 51.0 Å². The van der Waals surface area contributed by atoms with Gasteiger partial charge in [0.2, 0.25) is 0 Å². The molecule has 1 aromatic heterocycles. The largest absolute Gasteiger partial charge is 0.347 e. The van der Waals surface area contributed by atoms with Gasteiger partial charge in [-0.3, -0.25) is 9.69 Å². The van der Waals surface area contributed by atoms with Crippen molar-refractivity contribution in [3.8, 4) is 0 Å². The van der Waals surface area contributed by atoms with E-state index in [1.165, 1.54) is 16.9 Å². The topological polar surface area (TPSA) is 48.5 Å². The molecule has 1 aliphatic rings. The summed E-state index contributed by atoms with van der Waals surface area (Å²) in [5, 5.41) is 4.14. The Hall–Kier alpha value is -1.76. The van der Waals surface area contributed by atoms with E-state index in [2.05, 4.69) is 58.3 Å². The summed E-state index contributed by atoms with van der Waals surface area (Å²) < 4.78 is 0. The number of benzene rings is 1. The molecule has 28 heavy (non-hydrogen) atoms. The highest BCUT2D eigenvalue weighted by atomic mass is 32.1. The van der Waals surface area contributed by atoms with Gasteiger partial charge in [0.25, 0.3) is 5.91 Å². The third kappa shape index (κ3) is 5.87. The molecule has 0 aliphatic carbocycles. The Kier molecular flexibility index (Phi) is 7.59. The first-order valence-corrected chi connectivity index (χ1v) is 11.1. The molecule has 1 amide bonds. The van der Waals surface area contributed by atoms with E-state index in [9.17, 15) is 4.79 Å². The molecule has 0 unspecified atom stereocenters. The number of likely N-dealkylation sites (N-methyl/N-ethyl adjacent to an activating group) is 1. The maximum absolute atomic E-state index is 12.6. The van der Waals surface area contributed by atoms with Crippen LogP contribution in [0.15, 0.2) is 24.3 Å². The molecule has 0 spiro atoms. The fourth-order valence-corrected chi connectivity index (χ4v) is 4.49. The molecule has 6 heteroatoms. The molecular formula is C22H32N4OS. The lowest BCUT2D eigenvalue weighted by Gasteiger charge is -2.32. The zero-order valence-corrected chi connectivity index (χ0v) is 18.1. The maximum atomic E-state index is 12.6. The van der Waals surface area contributed by atoms with Crippen LogP contribution in [0.4, 0.5) is 0 Å². The number of hydrogen-bond acceptors (Lipinski definition) is 5. The van der Waals surface area contributed by atoms with Crippen LogP contribution in [0.2, 0.25) is 0 Å². The number of thiazole rings is 1. The van der Waals surface area contributed by atoms with Crippen LogP contribution in [0, 0.1) is 6.92 Å². The Labute approximate surface area is 172 Å². The maximum Gasteiger partial charge on any atom is 0.263 e. The van der Waals surface area contributed by atoms with Crippen molar-refractivity contribution >= 4 is 17.2 Å². The molecule has 2 aromatic rings. The standard InChI is InChI=1S/C22H32N4OS/c1-4-5-9-20-24-17(2)21(28-20)22(27)23-15-18-7-6-8-19(14-18)16-26-12-10-25(3)11-13-26/h6-8,14H,4-5,9-13,15-16H2,1-3H3,(H,23,27). The molecule has 1 fully saturated rings. The van der Waals surface area contributed by atoms with E-state index in [1.807, 2.05) is 6.92 Å². The Morgan fingerprint density at radius 2 is 1.96 bits per heavy atom. The zero-order valence-electron chi connectivity index (χ0n) is 17.3. The number of hydrogen-bond donors (Lipinski definition) is 1. The van der Waals surface area contributed by atoms with E-state index in [1.54, 1.807) is 0 Å². The van der Waals surface area contributed by atoms with Crippen molar-refractivity contribution in [2.45, 2.75) is 46.2 Å². The predicted molar refractivity (Wildman–Crippen MR) is 116 cm³/mol. The minimum Gasteiger partial charge on any atom is -0.347 e. The smallest absolute Gasteiger partial charge is 0.263 e. The van der Waals surface area contributed by atoms with Crippen molar-refractivity contribution < 1.29 is 4.79 Å². The molecule has 0 radical (unpaired) electrons. The van der Waals surface area contributed by atoms with Crippen molar-refractivity contribution in [2.75, 3.05) is 33.2 Å². The molecule has 5 nitrogen and oxygen atoms in total. The number of carbonyl (C=O) groups excluding carboxylic acids is 1. The average Bonchev–Trinajstić information content (AvgIpc) is 3.07. The van der Waals surface area contributed by atoms with Gasteiger partial charge in [0.05, 0.1) is 10.7 Å². The molecule has 0 saturated carbocycles. The van der Waals surface area contributed by atoms with Crippen LogP contribution in [0.1, 0.15) is 51.3 Å². The SMILES string of the molecule is CCCCc1nc(C)c(C(=O)NCc2cccc(CN3CCN(C)CC3)c2)s1. The van der Waals surface area contributed by atoms with E-state index in [-0.39, 0.29) is 5.91 Å². The fraction of sp³-hybridized carbons (Fsp3) is 0.545. The van der Waals surface area contributed by atoms with E-state index in [4.69, 9.17) is 0 Å². The van der Waals surface area contributed by atoms with Crippen LogP contribution < -0.4 is 5.32 Å². The van der Waals surface area contributed by atoms with E-state index in [0.717, 1.165) is 73.1 Å². The van der Waals surface area contributed by atoms with Gasteiger partial charge in [-0.05, 0) is 37.9 Å². The Morgan fingerprint density at radius 1 is 1.21 bits per heavy atom. The van der Waals surface area contributed by atoms with Crippen LogP contribution in [-0.4, -0.2) is 53.9 Å². The molecule has 3 rings (SSSR count). The van der Waals surface area contributed by atoms with Crippen molar-refractivity contribution in [3.63, 3.8) is 0 Å². The van der Waals surface area contributed by atoms with Gasteiger partial charge in [-0.2, -0.15) is 0 Å². The minimum atomic E-state index is -0.0118. The summed E-state index contributed by atoms with van der Waals surface area (Å²) in [6, 6.07) is 8.56. The Morgan fingerprint density at radius 3 is 2.71 bits per heavy atom. The van der Waals surface area contributed by atoms with Gasteiger partial charge >= 0.3 is 0 Å². The molecule has 2 heterocycles. The number of aryl methyl sites for hydroxylation is 2. The highest BCUT2D eigenvalue weighted by Crippen LogP contribution is 2.20. The predicted octanol–water partition coefficient (Wildman–Crippen LogP) is 3.47. The summed E-state index contributed by atoms with van der Waals surface area (Å²) in [6.07, 6.45) is 3.22. The van der Waals surface area contributed by atoms with Gasteiger partial charge in [-0.1, -0.05) is 37.6 Å². The molecule has 152 valence electrons. The number of aromatic nitrogens is 1. The highest BCUT2D eigenvalue weighted by Gasteiger charge is 2.16. The molecule has 1 N–H and O–H groups in total. The van der Waals surface area contributed by atoms with Gasteiger partial charge in [0.15, 0.2) is 0 Å². The molecular weight excluding hydrogens is 368 g/mol. The lowest BCUT2D eigenvalue weighted by Crippen LogP contribution is -2.43. The van der Waals surface area contributed by atoms with Gasteiger partial charge < -0.3 is 10.2 Å². The number of unbranched alkanes of at least 4 members (excludes halogenated alkanes) is 1. The zero-order chi connectivity index (χ0) is 19.9. The number of piperazine rings is 1. The molecule has 1 saturated heterocycles. The van der Waals surface area contributed by atoms with Crippen molar-refractivity contribution in [1.29, 1.82) is 0 Å². The summed E-state index contributed by atoms with van der Waals surface area (Å²) >= 11 is 1.54. The lowest BCUT2D eigenvalue weighted by molar-refractivity contribution is 0.0954. The van der Waals surface area contributed by atoms with Crippen molar-refractivity contribution in [2.24, 2.45) is 0 Å². The fourth-order valence-electron chi connectivity index (χ4n) is 3.46. The highest BCUT2D eigenvalue weighted by molar-refractivity contribution is 7.13. The van der Waals surface area contributed by atoms with E-state index < -0.39 is 0 Å². The van der Waals surface area contributed by atoms with Crippen molar-refractivity contribution in [1.82, 2.24) is 20.1 Å². The minimum absolute atomic E-state index is 0.0118. The summed E-state index contributed by atoms with van der Waals surface area (Å²) in [6.45, 7) is 10.1. The molecule has 0 bridgehead atoms. The first kappa shape index (κ1) is 21.0. The third-order valence-electron chi connectivity index (χ3n) is 5.24. The molecule has 0 atom stereocenters. The third-order valence-corrected chi connectivity index (χ3v) is 6.45. The monoisotopic (exact) mass is 400 g/mol. The van der Waals surface area contributed by atoms with E-state index >= 15 is 0 Å². The van der Waals surface area contributed by atoms with Gasteiger partial charge in [-0.15, -0.1) is 11.3 Å².